The quantitative estimate of drug-likeness (QED) is 0.813. The molecule has 0 spiro atoms. The van der Waals surface area contributed by atoms with Crippen molar-refractivity contribution in [3.63, 3.8) is 0 Å². The van der Waals surface area contributed by atoms with Crippen molar-refractivity contribution in [2.24, 2.45) is 0 Å². The Hall–Kier alpha value is -1.85. The van der Waals surface area contributed by atoms with Crippen LogP contribution in [0.2, 0.25) is 0 Å². The molecule has 0 aromatic heterocycles. The lowest BCUT2D eigenvalue weighted by Crippen LogP contribution is -2.28. The molecule has 2 aromatic carbocycles. The Kier molecular flexibility index (Phi) is 5.67. The van der Waals surface area contributed by atoms with Crippen molar-refractivity contribution in [1.82, 2.24) is 4.72 Å². The Labute approximate surface area is 144 Å². The van der Waals surface area contributed by atoms with E-state index in [0.29, 0.717) is 0 Å². The van der Waals surface area contributed by atoms with Gasteiger partial charge in [0, 0.05) is 6.54 Å². The van der Waals surface area contributed by atoms with Gasteiger partial charge in [0.1, 0.15) is 12.4 Å². The van der Waals surface area contributed by atoms with Gasteiger partial charge in [-0.15, -0.1) is 0 Å². The van der Waals surface area contributed by atoms with Crippen LogP contribution >= 0.6 is 0 Å². The average Bonchev–Trinajstić information content (AvgIpc) is 2.51. The van der Waals surface area contributed by atoms with Gasteiger partial charge in [-0.1, -0.05) is 12.1 Å². The predicted octanol–water partition coefficient (Wildman–Crippen LogP) is 3.59. The second-order valence-corrected chi connectivity index (χ2v) is 7.96. The van der Waals surface area contributed by atoms with Crippen LogP contribution in [0.3, 0.4) is 0 Å². The number of benzene rings is 2. The van der Waals surface area contributed by atoms with Crippen molar-refractivity contribution >= 4 is 10.0 Å². The van der Waals surface area contributed by atoms with Gasteiger partial charge >= 0.3 is 0 Å². The molecule has 130 valence electrons. The molecule has 5 heteroatoms. The van der Waals surface area contributed by atoms with Crippen LogP contribution in [0.25, 0.3) is 0 Å². The zero-order chi connectivity index (χ0) is 17.9. The van der Waals surface area contributed by atoms with Crippen LogP contribution in [0.15, 0.2) is 35.2 Å². The third-order valence-electron chi connectivity index (χ3n) is 4.23. The smallest absolute Gasteiger partial charge is 0.240 e. The van der Waals surface area contributed by atoms with Crippen molar-refractivity contribution in [3.05, 3.63) is 58.1 Å². The van der Waals surface area contributed by atoms with Crippen molar-refractivity contribution in [1.29, 1.82) is 0 Å². The van der Waals surface area contributed by atoms with Crippen molar-refractivity contribution in [2.75, 3.05) is 13.2 Å². The summed E-state index contributed by atoms with van der Waals surface area (Å²) in [6.07, 6.45) is 0. The van der Waals surface area contributed by atoms with E-state index >= 15 is 0 Å². The topological polar surface area (TPSA) is 55.4 Å². The number of hydrogen-bond donors (Lipinski definition) is 1. The molecule has 0 unspecified atom stereocenters. The summed E-state index contributed by atoms with van der Waals surface area (Å²) in [5, 5.41) is 0. The highest BCUT2D eigenvalue weighted by Crippen LogP contribution is 2.22. The number of nitrogens with one attached hydrogen (secondary N) is 1. The van der Waals surface area contributed by atoms with Gasteiger partial charge in [0.15, 0.2) is 0 Å². The van der Waals surface area contributed by atoms with Crippen molar-refractivity contribution in [2.45, 2.75) is 39.5 Å². The molecule has 0 amide bonds. The fourth-order valence-corrected chi connectivity index (χ4v) is 3.49. The molecular weight excluding hydrogens is 322 g/mol. The fraction of sp³-hybridized carbons (Fsp3) is 0.368. The first-order valence-corrected chi connectivity index (χ1v) is 9.46. The van der Waals surface area contributed by atoms with E-state index in [4.69, 9.17) is 4.74 Å². The highest BCUT2D eigenvalue weighted by atomic mass is 32.2. The van der Waals surface area contributed by atoms with E-state index in [1.54, 1.807) is 12.1 Å². The molecule has 0 aliphatic heterocycles. The molecule has 0 atom stereocenters. The van der Waals surface area contributed by atoms with Crippen LogP contribution in [0.1, 0.15) is 27.8 Å². The standard InChI is InChI=1S/C19H25NO3S/c1-13-6-7-18(11-15(13)3)24(21,22)20-8-9-23-19-12-16(4)14(2)10-17(19)5/h6-7,10-12,20H,8-9H2,1-5H3. The van der Waals surface area contributed by atoms with E-state index in [1.807, 2.05) is 39.8 Å². The average molecular weight is 347 g/mol. The van der Waals surface area contributed by atoms with Crippen LogP contribution in [0.5, 0.6) is 5.75 Å². The number of rotatable bonds is 6. The summed E-state index contributed by atoms with van der Waals surface area (Å²) in [4.78, 5) is 0.285. The molecule has 4 nitrogen and oxygen atoms in total. The maximum atomic E-state index is 12.3. The van der Waals surface area contributed by atoms with Gasteiger partial charge in [-0.05, 0) is 80.6 Å². The van der Waals surface area contributed by atoms with Gasteiger partial charge in [0.05, 0.1) is 4.90 Å². The second-order valence-electron chi connectivity index (χ2n) is 6.19. The second kappa shape index (κ2) is 7.36. The summed E-state index contributed by atoms with van der Waals surface area (Å²) >= 11 is 0. The molecule has 24 heavy (non-hydrogen) atoms. The monoisotopic (exact) mass is 347 g/mol. The van der Waals surface area contributed by atoms with Crippen LogP contribution in [-0.4, -0.2) is 21.6 Å². The number of hydrogen-bond acceptors (Lipinski definition) is 3. The minimum absolute atomic E-state index is 0.224. The van der Waals surface area contributed by atoms with E-state index in [-0.39, 0.29) is 18.0 Å². The first-order valence-electron chi connectivity index (χ1n) is 7.98. The highest BCUT2D eigenvalue weighted by molar-refractivity contribution is 7.89. The summed E-state index contributed by atoms with van der Waals surface area (Å²) < 4.78 is 32.9. The third kappa shape index (κ3) is 4.36. The minimum atomic E-state index is -3.51. The Morgan fingerprint density at radius 3 is 2.12 bits per heavy atom. The van der Waals surface area contributed by atoms with Crippen molar-refractivity contribution in [3.8, 4) is 5.75 Å². The number of aryl methyl sites for hydroxylation is 5. The first kappa shape index (κ1) is 18.5. The number of ether oxygens (including phenoxy) is 1. The molecule has 0 heterocycles. The zero-order valence-corrected chi connectivity index (χ0v) is 15.8. The summed E-state index contributed by atoms with van der Waals surface area (Å²) in [5.41, 5.74) is 5.46. The lowest BCUT2D eigenvalue weighted by molar-refractivity contribution is 0.320. The van der Waals surface area contributed by atoms with Gasteiger partial charge in [0.25, 0.3) is 0 Å². The first-order chi connectivity index (χ1) is 11.2. The van der Waals surface area contributed by atoms with Gasteiger partial charge in [-0.3, -0.25) is 0 Å². The van der Waals surface area contributed by atoms with Gasteiger partial charge in [0.2, 0.25) is 10.0 Å². The normalized spacial score (nSPS) is 11.5. The Morgan fingerprint density at radius 1 is 0.833 bits per heavy atom. The van der Waals surface area contributed by atoms with E-state index in [1.165, 1.54) is 5.56 Å². The molecule has 0 fully saturated rings. The molecule has 0 saturated carbocycles. The van der Waals surface area contributed by atoms with E-state index < -0.39 is 10.0 Å². The SMILES string of the molecule is Cc1ccc(S(=O)(=O)NCCOc2cc(C)c(C)cc2C)cc1C. The van der Waals surface area contributed by atoms with Crippen molar-refractivity contribution < 1.29 is 13.2 Å². The van der Waals surface area contributed by atoms with Crippen LogP contribution in [-0.2, 0) is 10.0 Å². The van der Waals surface area contributed by atoms with E-state index in [2.05, 4.69) is 17.7 Å². The molecule has 0 aliphatic rings. The summed E-state index contributed by atoms with van der Waals surface area (Å²) in [6.45, 7) is 10.4. The Bertz CT molecular complexity index is 842. The summed E-state index contributed by atoms with van der Waals surface area (Å²) in [7, 11) is -3.51. The van der Waals surface area contributed by atoms with Gasteiger partial charge < -0.3 is 4.74 Å². The maximum absolute atomic E-state index is 12.3. The molecule has 0 bridgehead atoms. The van der Waals surface area contributed by atoms with Gasteiger partial charge in [-0.2, -0.15) is 0 Å². The fourth-order valence-electron chi connectivity index (χ4n) is 2.39. The van der Waals surface area contributed by atoms with E-state index in [9.17, 15) is 8.42 Å². The van der Waals surface area contributed by atoms with Crippen LogP contribution in [0.4, 0.5) is 0 Å². The molecule has 1 N–H and O–H groups in total. The largest absolute Gasteiger partial charge is 0.492 e. The summed E-state index contributed by atoms with van der Waals surface area (Å²) in [5.74, 6) is 0.795. The van der Waals surface area contributed by atoms with E-state index in [0.717, 1.165) is 28.0 Å². The third-order valence-corrected chi connectivity index (χ3v) is 5.69. The summed E-state index contributed by atoms with van der Waals surface area (Å²) in [6, 6.07) is 9.19. The lowest BCUT2D eigenvalue weighted by atomic mass is 10.1. The molecule has 0 aliphatic carbocycles. The zero-order valence-electron chi connectivity index (χ0n) is 14.9. The molecule has 0 radical (unpaired) electrons. The van der Waals surface area contributed by atoms with Crippen LogP contribution < -0.4 is 9.46 Å². The molecule has 2 rings (SSSR count). The molecule has 0 saturated heterocycles. The molecule has 2 aromatic rings. The predicted molar refractivity (Wildman–Crippen MR) is 97.3 cm³/mol. The lowest BCUT2D eigenvalue weighted by Gasteiger charge is -2.13. The minimum Gasteiger partial charge on any atom is -0.492 e. The Balaban J connectivity index is 1.96. The molecular formula is C19H25NO3S. The van der Waals surface area contributed by atoms with Crippen LogP contribution in [0, 0.1) is 34.6 Å². The maximum Gasteiger partial charge on any atom is 0.240 e. The number of sulfonamides is 1. The Morgan fingerprint density at radius 2 is 1.46 bits per heavy atom. The highest BCUT2D eigenvalue weighted by Gasteiger charge is 2.14. The van der Waals surface area contributed by atoms with Gasteiger partial charge in [-0.25, -0.2) is 13.1 Å².